The molecule has 0 saturated heterocycles. The highest BCUT2D eigenvalue weighted by molar-refractivity contribution is 5.28. The van der Waals surface area contributed by atoms with Gasteiger partial charge < -0.3 is 5.32 Å². The van der Waals surface area contributed by atoms with Gasteiger partial charge in [0, 0.05) is 12.1 Å². The topological polar surface area (TPSA) is 12.0 Å². The molecule has 1 aliphatic rings. The summed E-state index contributed by atoms with van der Waals surface area (Å²) in [6.45, 7) is 11.7. The van der Waals surface area contributed by atoms with Crippen molar-refractivity contribution in [3.63, 3.8) is 0 Å². The molecular weight excluding hydrogens is 230 g/mol. The van der Waals surface area contributed by atoms with Gasteiger partial charge in [-0.05, 0) is 55.6 Å². The molecule has 0 spiro atoms. The van der Waals surface area contributed by atoms with Crippen LogP contribution in [-0.2, 0) is 0 Å². The summed E-state index contributed by atoms with van der Waals surface area (Å²) in [7, 11) is 0. The Morgan fingerprint density at radius 2 is 1.89 bits per heavy atom. The van der Waals surface area contributed by atoms with Crippen molar-refractivity contribution in [1.82, 2.24) is 5.32 Å². The molecule has 2 unspecified atom stereocenters. The van der Waals surface area contributed by atoms with Crippen LogP contribution in [0.15, 0.2) is 24.3 Å². The summed E-state index contributed by atoms with van der Waals surface area (Å²) in [6, 6.07) is 9.84. The zero-order valence-corrected chi connectivity index (χ0v) is 13.2. The predicted molar refractivity (Wildman–Crippen MR) is 83.3 cm³/mol. The van der Waals surface area contributed by atoms with Crippen molar-refractivity contribution >= 4 is 0 Å². The van der Waals surface area contributed by atoms with E-state index in [0.29, 0.717) is 17.5 Å². The molecule has 0 aliphatic heterocycles. The van der Waals surface area contributed by atoms with Gasteiger partial charge in [0.05, 0.1) is 0 Å². The minimum atomic E-state index is 0.451. The maximum Gasteiger partial charge on any atom is 0.0296 e. The number of benzene rings is 1. The van der Waals surface area contributed by atoms with Gasteiger partial charge in [-0.25, -0.2) is 0 Å². The molecule has 2 rings (SSSR count). The summed E-state index contributed by atoms with van der Waals surface area (Å²) in [4.78, 5) is 0. The van der Waals surface area contributed by atoms with E-state index in [1.165, 1.54) is 30.4 Å². The van der Waals surface area contributed by atoms with Crippen LogP contribution in [0.2, 0.25) is 0 Å². The third-order valence-corrected chi connectivity index (χ3v) is 4.53. The lowest BCUT2D eigenvalue weighted by atomic mass is 9.70. The first kappa shape index (κ1) is 14.6. The summed E-state index contributed by atoms with van der Waals surface area (Å²) in [6.07, 6.45) is 3.98. The van der Waals surface area contributed by atoms with Crippen LogP contribution in [0.5, 0.6) is 0 Å². The summed E-state index contributed by atoms with van der Waals surface area (Å²) in [5.74, 6) is 0.838. The third-order valence-electron chi connectivity index (χ3n) is 4.53. The summed E-state index contributed by atoms with van der Waals surface area (Å²) >= 11 is 0. The smallest absolute Gasteiger partial charge is 0.0296 e. The van der Waals surface area contributed by atoms with E-state index in [-0.39, 0.29) is 0 Å². The van der Waals surface area contributed by atoms with E-state index in [4.69, 9.17) is 0 Å². The van der Waals surface area contributed by atoms with Crippen LogP contribution in [0.4, 0.5) is 0 Å². The van der Waals surface area contributed by atoms with E-state index in [1.54, 1.807) is 0 Å². The van der Waals surface area contributed by atoms with E-state index >= 15 is 0 Å². The van der Waals surface area contributed by atoms with E-state index in [2.05, 4.69) is 64.2 Å². The molecular formula is C18H29N. The maximum absolute atomic E-state index is 3.86. The van der Waals surface area contributed by atoms with Crippen LogP contribution < -0.4 is 5.32 Å². The Bertz CT molecular complexity index is 421. The van der Waals surface area contributed by atoms with Crippen molar-refractivity contribution in [2.75, 3.05) is 0 Å². The minimum Gasteiger partial charge on any atom is -0.307 e. The first-order chi connectivity index (χ1) is 8.87. The summed E-state index contributed by atoms with van der Waals surface area (Å²) in [5, 5.41) is 3.86. The summed E-state index contributed by atoms with van der Waals surface area (Å²) < 4.78 is 0. The third kappa shape index (κ3) is 3.82. The standard InChI is InChI=1S/C18H29N/c1-13-10-16(12-18(4,5)11-13)19-15(3)17-9-7-6-8-14(17)2/h6-9,13,15-16,19H,10-12H2,1-5H3/t13?,15-,16?/m0/s1. The van der Waals surface area contributed by atoms with Gasteiger partial charge in [-0.15, -0.1) is 0 Å². The SMILES string of the molecule is Cc1ccccc1[C@H](C)NC1CC(C)CC(C)(C)C1. The van der Waals surface area contributed by atoms with Gasteiger partial charge in [-0.2, -0.15) is 0 Å². The van der Waals surface area contributed by atoms with Gasteiger partial charge in [0.15, 0.2) is 0 Å². The first-order valence-electron chi connectivity index (χ1n) is 7.69. The highest BCUT2D eigenvalue weighted by atomic mass is 14.9. The van der Waals surface area contributed by atoms with Crippen molar-refractivity contribution in [2.45, 2.75) is 66.0 Å². The van der Waals surface area contributed by atoms with E-state index in [0.717, 1.165) is 5.92 Å². The molecule has 1 aliphatic carbocycles. The fraction of sp³-hybridized carbons (Fsp3) is 0.667. The second-order valence-corrected chi connectivity index (χ2v) is 7.36. The highest BCUT2D eigenvalue weighted by Crippen LogP contribution is 2.39. The number of hydrogen-bond acceptors (Lipinski definition) is 1. The fourth-order valence-electron chi connectivity index (χ4n) is 3.99. The molecule has 1 aromatic rings. The van der Waals surface area contributed by atoms with E-state index in [9.17, 15) is 0 Å². The predicted octanol–water partition coefficient (Wildman–Crippen LogP) is 4.86. The molecule has 19 heavy (non-hydrogen) atoms. The molecule has 0 aromatic heterocycles. The molecule has 1 nitrogen and oxygen atoms in total. The first-order valence-corrected chi connectivity index (χ1v) is 7.69. The van der Waals surface area contributed by atoms with Gasteiger partial charge in [0.2, 0.25) is 0 Å². The van der Waals surface area contributed by atoms with Gasteiger partial charge in [-0.1, -0.05) is 45.0 Å². The lowest BCUT2D eigenvalue weighted by molar-refractivity contribution is 0.145. The van der Waals surface area contributed by atoms with Crippen molar-refractivity contribution in [1.29, 1.82) is 0 Å². The van der Waals surface area contributed by atoms with Crippen LogP contribution in [0, 0.1) is 18.3 Å². The molecule has 1 fully saturated rings. The second-order valence-electron chi connectivity index (χ2n) is 7.36. The van der Waals surface area contributed by atoms with E-state index in [1.807, 2.05) is 0 Å². The molecule has 1 N–H and O–H groups in total. The molecule has 1 heteroatoms. The molecule has 0 amide bonds. The van der Waals surface area contributed by atoms with Gasteiger partial charge in [0.25, 0.3) is 0 Å². The number of rotatable bonds is 3. The molecule has 0 heterocycles. The van der Waals surface area contributed by atoms with Crippen LogP contribution in [0.25, 0.3) is 0 Å². The Balaban J connectivity index is 2.03. The monoisotopic (exact) mass is 259 g/mol. The van der Waals surface area contributed by atoms with E-state index < -0.39 is 0 Å². The van der Waals surface area contributed by atoms with Gasteiger partial charge in [-0.3, -0.25) is 0 Å². The van der Waals surface area contributed by atoms with Gasteiger partial charge >= 0.3 is 0 Å². The summed E-state index contributed by atoms with van der Waals surface area (Å²) in [5.41, 5.74) is 3.32. The van der Waals surface area contributed by atoms with Crippen molar-refractivity contribution < 1.29 is 0 Å². The van der Waals surface area contributed by atoms with Crippen molar-refractivity contribution in [2.24, 2.45) is 11.3 Å². The molecule has 1 aromatic carbocycles. The molecule has 106 valence electrons. The van der Waals surface area contributed by atoms with Gasteiger partial charge in [0.1, 0.15) is 0 Å². The largest absolute Gasteiger partial charge is 0.307 e. The molecule has 3 atom stereocenters. The Hall–Kier alpha value is -0.820. The lowest BCUT2D eigenvalue weighted by Crippen LogP contribution is -2.41. The maximum atomic E-state index is 3.86. The van der Waals surface area contributed by atoms with Crippen molar-refractivity contribution in [3.05, 3.63) is 35.4 Å². The average Bonchev–Trinajstić information content (AvgIpc) is 2.26. The van der Waals surface area contributed by atoms with Crippen molar-refractivity contribution in [3.8, 4) is 0 Å². The number of nitrogens with one attached hydrogen (secondary N) is 1. The van der Waals surface area contributed by atoms with Crippen LogP contribution in [0.3, 0.4) is 0 Å². The zero-order valence-electron chi connectivity index (χ0n) is 13.2. The van der Waals surface area contributed by atoms with Crippen LogP contribution in [-0.4, -0.2) is 6.04 Å². The van der Waals surface area contributed by atoms with Crippen LogP contribution >= 0.6 is 0 Å². The zero-order chi connectivity index (χ0) is 14.0. The molecule has 0 bridgehead atoms. The number of aryl methyl sites for hydroxylation is 1. The quantitative estimate of drug-likeness (QED) is 0.817. The normalized spacial score (nSPS) is 28.1. The fourth-order valence-corrected chi connectivity index (χ4v) is 3.99. The lowest BCUT2D eigenvalue weighted by Gasteiger charge is -2.40. The Morgan fingerprint density at radius 1 is 1.21 bits per heavy atom. The van der Waals surface area contributed by atoms with Crippen LogP contribution in [0.1, 0.15) is 64.1 Å². The minimum absolute atomic E-state index is 0.451. The molecule has 1 saturated carbocycles. The Kier molecular flexibility index (Phi) is 4.35. The average molecular weight is 259 g/mol. The Morgan fingerprint density at radius 3 is 2.53 bits per heavy atom. The Labute approximate surface area is 118 Å². The highest BCUT2D eigenvalue weighted by Gasteiger charge is 2.32. The molecule has 0 radical (unpaired) electrons. The second kappa shape index (κ2) is 5.66. The number of hydrogen-bond donors (Lipinski definition) is 1.